The molecular formula is C11H18N2O. The monoisotopic (exact) mass is 194 g/mol. The van der Waals surface area contributed by atoms with Crippen molar-refractivity contribution in [2.75, 3.05) is 0 Å². The molecule has 3 nitrogen and oxygen atoms in total. The maximum Gasteiger partial charge on any atom is 0.153 e. The topological polar surface area (TPSA) is 34.9 Å². The summed E-state index contributed by atoms with van der Waals surface area (Å²) in [6.07, 6.45) is 2.03. The Bertz CT molecular complexity index is 328. The van der Waals surface area contributed by atoms with Crippen LogP contribution in [0.3, 0.4) is 0 Å². The van der Waals surface area contributed by atoms with Crippen molar-refractivity contribution >= 4 is 6.29 Å². The Kier molecular flexibility index (Phi) is 3.44. The summed E-state index contributed by atoms with van der Waals surface area (Å²) in [6, 6.07) is 0. The third kappa shape index (κ3) is 2.03. The summed E-state index contributed by atoms with van der Waals surface area (Å²) in [5.41, 5.74) is 2.56. The molecule has 1 heterocycles. The highest BCUT2D eigenvalue weighted by Crippen LogP contribution is 2.13. The van der Waals surface area contributed by atoms with Crippen LogP contribution in [0.25, 0.3) is 0 Å². The second kappa shape index (κ2) is 4.40. The van der Waals surface area contributed by atoms with Gasteiger partial charge in [0, 0.05) is 12.2 Å². The average Bonchev–Trinajstić information content (AvgIpc) is 2.42. The lowest BCUT2D eigenvalue weighted by molar-refractivity contribution is 0.112. The van der Waals surface area contributed by atoms with Gasteiger partial charge >= 0.3 is 0 Å². The minimum Gasteiger partial charge on any atom is -0.298 e. The van der Waals surface area contributed by atoms with Crippen LogP contribution in [0.2, 0.25) is 0 Å². The van der Waals surface area contributed by atoms with Crippen molar-refractivity contribution in [2.24, 2.45) is 5.92 Å². The van der Waals surface area contributed by atoms with Gasteiger partial charge in [0.05, 0.1) is 11.3 Å². The Balaban J connectivity index is 2.93. The SMILES string of the molecule is CCC(C)Cn1nc(C)c(C=O)c1C. The first kappa shape index (κ1) is 11.0. The number of aldehydes is 1. The summed E-state index contributed by atoms with van der Waals surface area (Å²) in [4.78, 5) is 10.8. The number of hydrogen-bond acceptors (Lipinski definition) is 2. The molecule has 0 saturated carbocycles. The van der Waals surface area contributed by atoms with Gasteiger partial charge in [-0.25, -0.2) is 0 Å². The number of carbonyl (C=O) groups is 1. The fraction of sp³-hybridized carbons (Fsp3) is 0.636. The summed E-state index contributed by atoms with van der Waals surface area (Å²) >= 11 is 0. The van der Waals surface area contributed by atoms with Crippen LogP contribution < -0.4 is 0 Å². The quantitative estimate of drug-likeness (QED) is 0.690. The molecule has 0 bridgehead atoms. The Morgan fingerprint density at radius 2 is 2.14 bits per heavy atom. The van der Waals surface area contributed by atoms with Crippen LogP contribution in [0, 0.1) is 19.8 Å². The number of aromatic nitrogens is 2. The van der Waals surface area contributed by atoms with Gasteiger partial charge in [0.25, 0.3) is 0 Å². The highest BCUT2D eigenvalue weighted by Gasteiger charge is 2.11. The first-order valence-corrected chi connectivity index (χ1v) is 5.09. The number of hydrogen-bond donors (Lipinski definition) is 0. The second-order valence-electron chi connectivity index (χ2n) is 3.90. The van der Waals surface area contributed by atoms with Gasteiger partial charge < -0.3 is 0 Å². The van der Waals surface area contributed by atoms with E-state index in [9.17, 15) is 4.79 Å². The van der Waals surface area contributed by atoms with Gasteiger partial charge in [-0.3, -0.25) is 9.48 Å². The van der Waals surface area contributed by atoms with Gasteiger partial charge in [-0.1, -0.05) is 20.3 Å². The zero-order valence-electron chi connectivity index (χ0n) is 9.37. The molecular weight excluding hydrogens is 176 g/mol. The fourth-order valence-electron chi connectivity index (χ4n) is 1.48. The smallest absolute Gasteiger partial charge is 0.153 e. The number of aryl methyl sites for hydroxylation is 1. The van der Waals surface area contributed by atoms with Gasteiger partial charge in [0.1, 0.15) is 0 Å². The molecule has 0 fully saturated rings. The van der Waals surface area contributed by atoms with Gasteiger partial charge in [0.2, 0.25) is 0 Å². The molecule has 1 atom stereocenters. The molecule has 1 rings (SSSR count). The normalized spacial score (nSPS) is 12.9. The van der Waals surface area contributed by atoms with E-state index in [2.05, 4.69) is 18.9 Å². The lowest BCUT2D eigenvalue weighted by atomic mass is 10.1. The van der Waals surface area contributed by atoms with E-state index in [1.165, 1.54) is 0 Å². The van der Waals surface area contributed by atoms with Gasteiger partial charge in [-0.05, 0) is 19.8 Å². The molecule has 0 amide bonds. The summed E-state index contributed by atoms with van der Waals surface area (Å²) in [5, 5.41) is 4.35. The van der Waals surface area contributed by atoms with Crippen LogP contribution in [0.15, 0.2) is 0 Å². The van der Waals surface area contributed by atoms with Gasteiger partial charge in [-0.15, -0.1) is 0 Å². The first-order valence-electron chi connectivity index (χ1n) is 5.09. The van der Waals surface area contributed by atoms with Crippen molar-refractivity contribution in [1.82, 2.24) is 9.78 Å². The molecule has 0 aliphatic rings. The van der Waals surface area contributed by atoms with E-state index in [-0.39, 0.29) is 0 Å². The largest absolute Gasteiger partial charge is 0.298 e. The van der Waals surface area contributed by atoms with Crippen LogP contribution in [-0.4, -0.2) is 16.1 Å². The predicted octanol–water partition coefficient (Wildman–Crippen LogP) is 2.36. The maximum absolute atomic E-state index is 10.8. The number of nitrogens with zero attached hydrogens (tertiary/aromatic N) is 2. The van der Waals surface area contributed by atoms with E-state index in [0.29, 0.717) is 5.92 Å². The summed E-state index contributed by atoms with van der Waals surface area (Å²) in [6.45, 7) is 9.08. The van der Waals surface area contributed by atoms with E-state index < -0.39 is 0 Å². The third-order valence-corrected chi connectivity index (χ3v) is 2.74. The lowest BCUT2D eigenvalue weighted by Gasteiger charge is -2.09. The van der Waals surface area contributed by atoms with Crippen molar-refractivity contribution < 1.29 is 4.79 Å². The Morgan fingerprint density at radius 1 is 1.50 bits per heavy atom. The molecule has 78 valence electrons. The molecule has 0 radical (unpaired) electrons. The zero-order valence-corrected chi connectivity index (χ0v) is 9.37. The van der Waals surface area contributed by atoms with Crippen LogP contribution in [0.1, 0.15) is 42.0 Å². The molecule has 0 aliphatic carbocycles. The van der Waals surface area contributed by atoms with Crippen LogP contribution in [-0.2, 0) is 6.54 Å². The lowest BCUT2D eigenvalue weighted by Crippen LogP contribution is -2.09. The van der Waals surface area contributed by atoms with Crippen LogP contribution in [0.5, 0.6) is 0 Å². The van der Waals surface area contributed by atoms with E-state index in [4.69, 9.17) is 0 Å². The van der Waals surface area contributed by atoms with Gasteiger partial charge in [0.15, 0.2) is 6.29 Å². The summed E-state index contributed by atoms with van der Waals surface area (Å²) < 4.78 is 1.94. The molecule has 3 heteroatoms. The van der Waals surface area contributed by atoms with Crippen molar-refractivity contribution in [1.29, 1.82) is 0 Å². The van der Waals surface area contributed by atoms with Crippen molar-refractivity contribution in [3.8, 4) is 0 Å². The average molecular weight is 194 g/mol. The van der Waals surface area contributed by atoms with E-state index in [1.54, 1.807) is 0 Å². The highest BCUT2D eigenvalue weighted by atomic mass is 16.1. The zero-order chi connectivity index (χ0) is 10.7. The number of rotatable bonds is 4. The molecule has 1 aromatic rings. The second-order valence-corrected chi connectivity index (χ2v) is 3.90. The fourth-order valence-corrected chi connectivity index (χ4v) is 1.48. The Labute approximate surface area is 85.1 Å². The summed E-state index contributed by atoms with van der Waals surface area (Å²) in [5.74, 6) is 0.604. The molecule has 1 unspecified atom stereocenters. The molecule has 0 spiro atoms. The molecule has 1 aromatic heterocycles. The maximum atomic E-state index is 10.8. The van der Waals surface area contributed by atoms with Crippen molar-refractivity contribution in [3.63, 3.8) is 0 Å². The van der Waals surface area contributed by atoms with Gasteiger partial charge in [-0.2, -0.15) is 5.10 Å². The molecule has 0 aliphatic heterocycles. The molecule has 14 heavy (non-hydrogen) atoms. The van der Waals surface area contributed by atoms with Crippen molar-refractivity contribution in [3.05, 3.63) is 17.0 Å². The van der Waals surface area contributed by atoms with E-state index in [0.717, 1.165) is 36.2 Å². The molecule has 0 aromatic carbocycles. The highest BCUT2D eigenvalue weighted by molar-refractivity contribution is 5.77. The third-order valence-electron chi connectivity index (χ3n) is 2.74. The van der Waals surface area contributed by atoms with E-state index in [1.807, 2.05) is 18.5 Å². The van der Waals surface area contributed by atoms with Crippen LogP contribution >= 0.6 is 0 Å². The first-order chi connectivity index (χ1) is 6.60. The minimum absolute atomic E-state index is 0.604. The van der Waals surface area contributed by atoms with E-state index >= 15 is 0 Å². The predicted molar refractivity (Wildman–Crippen MR) is 56.5 cm³/mol. The Morgan fingerprint density at radius 3 is 2.57 bits per heavy atom. The standard InChI is InChI=1S/C11H18N2O/c1-5-8(2)6-13-10(4)11(7-14)9(3)12-13/h7-8H,5-6H2,1-4H3. The summed E-state index contributed by atoms with van der Waals surface area (Å²) in [7, 11) is 0. The molecule has 0 saturated heterocycles. The minimum atomic E-state index is 0.604. The Hall–Kier alpha value is -1.12. The van der Waals surface area contributed by atoms with Crippen molar-refractivity contribution in [2.45, 2.75) is 40.7 Å². The molecule has 0 N–H and O–H groups in total. The van der Waals surface area contributed by atoms with Crippen LogP contribution in [0.4, 0.5) is 0 Å². The number of carbonyl (C=O) groups excluding carboxylic acids is 1.